The summed E-state index contributed by atoms with van der Waals surface area (Å²) in [5.41, 5.74) is -0.00687. The molecule has 0 unspecified atom stereocenters. The Morgan fingerprint density at radius 2 is 1.96 bits per heavy atom. The summed E-state index contributed by atoms with van der Waals surface area (Å²) in [6.45, 7) is 4.65. The number of carbonyl (C=O) groups is 3. The van der Waals surface area contributed by atoms with Gasteiger partial charge in [0, 0.05) is 11.6 Å². The van der Waals surface area contributed by atoms with Crippen LogP contribution in [0.5, 0.6) is 0 Å². The second-order valence-electron chi connectivity index (χ2n) is 5.87. The highest BCUT2D eigenvalue weighted by atomic mass is 35.5. The molecule has 0 aliphatic heterocycles. The minimum absolute atomic E-state index is 0.0743. The van der Waals surface area contributed by atoms with Gasteiger partial charge in [0.25, 0.3) is 5.91 Å². The summed E-state index contributed by atoms with van der Waals surface area (Å²) in [4.78, 5) is 34.4. The third-order valence-corrected chi connectivity index (χ3v) is 2.73. The highest BCUT2D eigenvalue weighted by molar-refractivity contribution is 6.30. The smallest absolute Gasteiger partial charge is 0.331 e. The van der Waals surface area contributed by atoms with Gasteiger partial charge in [-0.3, -0.25) is 10.1 Å². The first-order valence-corrected chi connectivity index (χ1v) is 7.36. The van der Waals surface area contributed by atoms with Crippen molar-refractivity contribution in [3.8, 4) is 0 Å². The first kappa shape index (κ1) is 19.6. The van der Waals surface area contributed by atoms with Gasteiger partial charge < -0.3 is 10.1 Å². The Kier molecular flexibility index (Phi) is 6.91. The molecule has 0 heterocycles. The van der Waals surface area contributed by atoms with Crippen LogP contribution in [0.4, 0.5) is 9.18 Å². The van der Waals surface area contributed by atoms with Crippen molar-refractivity contribution in [2.75, 3.05) is 6.61 Å². The van der Waals surface area contributed by atoms with E-state index < -0.39 is 35.9 Å². The van der Waals surface area contributed by atoms with Gasteiger partial charge in [0.1, 0.15) is 5.82 Å². The van der Waals surface area contributed by atoms with Crippen molar-refractivity contribution >= 4 is 35.6 Å². The Hall–Kier alpha value is -2.41. The number of halogens is 2. The van der Waals surface area contributed by atoms with Crippen LogP contribution in [0.25, 0.3) is 6.08 Å². The van der Waals surface area contributed by atoms with Crippen LogP contribution in [0.3, 0.4) is 0 Å². The first-order valence-electron chi connectivity index (χ1n) is 6.99. The standard InChI is InChI=1S/C16H18ClFN2O4/c1-16(2,3)20-15(23)19-13(21)9-24-14(22)7-5-10-4-6-12(18)11(17)8-10/h4-8H,9H2,1-3H3,(H2,19,20,21,23)/b7-5+. The molecule has 24 heavy (non-hydrogen) atoms. The zero-order valence-corrected chi connectivity index (χ0v) is 14.2. The van der Waals surface area contributed by atoms with E-state index in [1.807, 2.05) is 5.32 Å². The van der Waals surface area contributed by atoms with Crippen LogP contribution < -0.4 is 10.6 Å². The SMILES string of the molecule is CC(C)(C)NC(=O)NC(=O)COC(=O)/C=C/c1ccc(F)c(Cl)c1. The Bertz CT molecular complexity index is 669. The summed E-state index contributed by atoms with van der Waals surface area (Å²) in [5, 5.41) is 4.48. The van der Waals surface area contributed by atoms with Crippen LogP contribution in [0, 0.1) is 5.82 Å². The molecule has 0 atom stereocenters. The molecule has 1 aromatic rings. The van der Waals surface area contributed by atoms with E-state index in [1.165, 1.54) is 18.2 Å². The Labute approximate surface area is 144 Å². The topological polar surface area (TPSA) is 84.5 Å². The van der Waals surface area contributed by atoms with Gasteiger partial charge in [-0.1, -0.05) is 17.7 Å². The number of rotatable bonds is 4. The van der Waals surface area contributed by atoms with Crippen LogP contribution in [0.2, 0.25) is 5.02 Å². The fourth-order valence-electron chi connectivity index (χ4n) is 1.50. The summed E-state index contributed by atoms with van der Waals surface area (Å²) in [5.74, 6) is -2.12. The molecular weight excluding hydrogens is 339 g/mol. The number of esters is 1. The molecule has 0 aliphatic carbocycles. The average Bonchev–Trinajstić information content (AvgIpc) is 2.44. The molecule has 8 heteroatoms. The van der Waals surface area contributed by atoms with E-state index in [0.29, 0.717) is 5.56 Å². The third kappa shape index (κ3) is 7.73. The minimum atomic E-state index is -0.790. The van der Waals surface area contributed by atoms with E-state index >= 15 is 0 Å². The summed E-state index contributed by atoms with van der Waals surface area (Å²) in [7, 11) is 0. The molecule has 0 saturated carbocycles. The van der Waals surface area contributed by atoms with Crippen LogP contribution >= 0.6 is 11.6 Å². The molecule has 0 aliphatic rings. The molecule has 2 N–H and O–H groups in total. The number of nitrogens with one attached hydrogen (secondary N) is 2. The van der Waals surface area contributed by atoms with Crippen LogP contribution in [-0.4, -0.2) is 30.1 Å². The van der Waals surface area contributed by atoms with Gasteiger partial charge >= 0.3 is 12.0 Å². The van der Waals surface area contributed by atoms with Crippen molar-refractivity contribution in [1.82, 2.24) is 10.6 Å². The lowest BCUT2D eigenvalue weighted by atomic mass is 10.1. The molecular formula is C16H18ClFN2O4. The average molecular weight is 357 g/mol. The maximum Gasteiger partial charge on any atom is 0.331 e. The molecule has 0 fully saturated rings. The number of carbonyl (C=O) groups excluding carboxylic acids is 3. The van der Waals surface area contributed by atoms with E-state index in [9.17, 15) is 18.8 Å². The minimum Gasteiger partial charge on any atom is -0.452 e. The predicted molar refractivity (Wildman–Crippen MR) is 87.8 cm³/mol. The normalized spacial score (nSPS) is 11.2. The first-order chi connectivity index (χ1) is 11.1. The van der Waals surface area contributed by atoms with Gasteiger partial charge in [0.2, 0.25) is 0 Å². The number of benzene rings is 1. The molecule has 0 radical (unpaired) electrons. The second-order valence-corrected chi connectivity index (χ2v) is 6.27. The molecule has 3 amide bonds. The van der Waals surface area contributed by atoms with Gasteiger partial charge in [0.15, 0.2) is 6.61 Å². The van der Waals surface area contributed by atoms with E-state index in [1.54, 1.807) is 20.8 Å². The van der Waals surface area contributed by atoms with E-state index in [-0.39, 0.29) is 5.02 Å². The van der Waals surface area contributed by atoms with E-state index in [2.05, 4.69) is 10.1 Å². The van der Waals surface area contributed by atoms with Crippen molar-refractivity contribution in [2.24, 2.45) is 0 Å². The lowest BCUT2D eigenvalue weighted by molar-refractivity contribution is -0.143. The molecule has 0 spiro atoms. The molecule has 1 rings (SSSR count). The highest BCUT2D eigenvalue weighted by Gasteiger charge is 2.16. The lowest BCUT2D eigenvalue weighted by Gasteiger charge is -2.20. The molecule has 6 nitrogen and oxygen atoms in total. The quantitative estimate of drug-likeness (QED) is 0.641. The summed E-state index contributed by atoms with van der Waals surface area (Å²) in [6.07, 6.45) is 2.42. The van der Waals surface area contributed by atoms with Gasteiger partial charge in [-0.05, 0) is 44.5 Å². The third-order valence-electron chi connectivity index (χ3n) is 2.44. The van der Waals surface area contributed by atoms with Crippen molar-refractivity contribution in [3.63, 3.8) is 0 Å². The zero-order chi connectivity index (χ0) is 18.3. The molecule has 0 bridgehead atoms. The van der Waals surface area contributed by atoms with Gasteiger partial charge in [-0.2, -0.15) is 0 Å². The zero-order valence-electron chi connectivity index (χ0n) is 13.5. The Morgan fingerprint density at radius 3 is 2.54 bits per heavy atom. The predicted octanol–water partition coefficient (Wildman–Crippen LogP) is 2.66. The fraction of sp³-hybridized carbons (Fsp3) is 0.312. The maximum absolute atomic E-state index is 13.0. The molecule has 130 valence electrons. The maximum atomic E-state index is 13.0. The van der Waals surface area contributed by atoms with Gasteiger partial charge in [-0.15, -0.1) is 0 Å². The number of hydrogen-bond acceptors (Lipinski definition) is 4. The van der Waals surface area contributed by atoms with Crippen LogP contribution in [-0.2, 0) is 14.3 Å². The highest BCUT2D eigenvalue weighted by Crippen LogP contribution is 2.16. The second kappa shape index (κ2) is 8.44. The van der Waals surface area contributed by atoms with Crippen LogP contribution in [0.15, 0.2) is 24.3 Å². The molecule has 1 aromatic carbocycles. The van der Waals surface area contributed by atoms with Gasteiger partial charge in [0.05, 0.1) is 5.02 Å². The summed E-state index contributed by atoms with van der Waals surface area (Å²) in [6, 6.07) is 3.24. The number of urea groups is 1. The number of hydrogen-bond donors (Lipinski definition) is 2. The monoisotopic (exact) mass is 356 g/mol. The summed E-state index contributed by atoms with van der Waals surface area (Å²) >= 11 is 5.61. The van der Waals surface area contributed by atoms with Gasteiger partial charge in [-0.25, -0.2) is 14.0 Å². The van der Waals surface area contributed by atoms with Crippen molar-refractivity contribution < 1.29 is 23.5 Å². The van der Waals surface area contributed by atoms with Crippen LogP contribution in [0.1, 0.15) is 26.3 Å². The van der Waals surface area contributed by atoms with E-state index in [4.69, 9.17) is 11.6 Å². The largest absolute Gasteiger partial charge is 0.452 e. The molecule has 0 saturated heterocycles. The van der Waals surface area contributed by atoms with Crippen molar-refractivity contribution in [1.29, 1.82) is 0 Å². The fourth-order valence-corrected chi connectivity index (χ4v) is 1.69. The van der Waals surface area contributed by atoms with Crippen molar-refractivity contribution in [3.05, 3.63) is 40.7 Å². The molecule has 0 aromatic heterocycles. The van der Waals surface area contributed by atoms with E-state index in [0.717, 1.165) is 12.1 Å². The Morgan fingerprint density at radius 1 is 1.29 bits per heavy atom. The number of imide groups is 1. The Balaban J connectivity index is 2.42. The summed E-state index contributed by atoms with van der Waals surface area (Å²) < 4.78 is 17.7. The lowest BCUT2D eigenvalue weighted by Crippen LogP contribution is -2.49. The number of amides is 3. The number of ether oxygens (including phenoxy) is 1. The van der Waals surface area contributed by atoms with Crippen molar-refractivity contribution in [2.45, 2.75) is 26.3 Å².